The Morgan fingerprint density at radius 3 is 2.58 bits per heavy atom. The van der Waals surface area contributed by atoms with Crippen molar-refractivity contribution in [2.75, 3.05) is 11.9 Å². The molecule has 0 bridgehead atoms. The molecule has 0 aliphatic rings. The molecule has 0 aromatic heterocycles. The van der Waals surface area contributed by atoms with E-state index in [1.807, 2.05) is 6.07 Å². The quantitative estimate of drug-likeness (QED) is 0.511. The minimum Gasteiger partial charge on any atom is -0.481 e. The molecule has 2 rings (SSSR count). The van der Waals surface area contributed by atoms with Gasteiger partial charge in [-0.25, -0.2) is 0 Å². The van der Waals surface area contributed by atoms with E-state index >= 15 is 0 Å². The summed E-state index contributed by atoms with van der Waals surface area (Å²) in [6.07, 6.45) is 6.61. The molecule has 0 atom stereocenters. The SMILES string of the molecule is C#CCOc1ccc(/C=C(/C#N)C(=O)Nc2ccccc2Cl)cc1. The topological polar surface area (TPSA) is 62.1 Å². The van der Waals surface area contributed by atoms with Crippen LogP contribution in [0.4, 0.5) is 5.69 Å². The molecule has 0 heterocycles. The van der Waals surface area contributed by atoms with Crippen LogP contribution < -0.4 is 10.1 Å². The second kappa shape index (κ2) is 8.43. The zero-order valence-corrected chi connectivity index (χ0v) is 13.4. The maximum atomic E-state index is 12.2. The minimum absolute atomic E-state index is 0.0350. The average molecular weight is 337 g/mol. The molecule has 0 saturated heterocycles. The number of amides is 1. The monoisotopic (exact) mass is 336 g/mol. The molecule has 2 aromatic carbocycles. The second-order valence-electron chi connectivity index (χ2n) is 4.67. The third kappa shape index (κ3) is 4.64. The number of ether oxygens (including phenoxy) is 1. The molecule has 24 heavy (non-hydrogen) atoms. The van der Waals surface area contributed by atoms with Crippen LogP contribution in [0.1, 0.15) is 5.56 Å². The van der Waals surface area contributed by atoms with E-state index < -0.39 is 5.91 Å². The number of halogens is 1. The highest BCUT2D eigenvalue weighted by Crippen LogP contribution is 2.21. The fourth-order valence-corrected chi connectivity index (χ4v) is 2.04. The van der Waals surface area contributed by atoms with Gasteiger partial charge in [-0.1, -0.05) is 41.8 Å². The van der Waals surface area contributed by atoms with E-state index in [2.05, 4.69) is 11.2 Å². The number of hydrogen-bond acceptors (Lipinski definition) is 3. The fraction of sp³-hybridized carbons (Fsp3) is 0.0526. The van der Waals surface area contributed by atoms with Crippen LogP contribution in [-0.4, -0.2) is 12.5 Å². The standard InChI is InChI=1S/C19H13ClN2O2/c1-2-11-24-16-9-7-14(8-10-16)12-15(13-21)19(23)22-18-6-4-3-5-17(18)20/h1,3-10,12H,11H2,(H,22,23)/b15-12-. The van der Waals surface area contributed by atoms with Crippen molar-refractivity contribution in [3.05, 3.63) is 64.7 Å². The zero-order chi connectivity index (χ0) is 17.4. The number of benzene rings is 2. The summed E-state index contributed by atoms with van der Waals surface area (Å²) in [7, 11) is 0. The van der Waals surface area contributed by atoms with E-state index in [-0.39, 0.29) is 12.2 Å². The van der Waals surface area contributed by atoms with Gasteiger partial charge in [0.25, 0.3) is 5.91 Å². The summed E-state index contributed by atoms with van der Waals surface area (Å²) in [4.78, 5) is 12.2. The van der Waals surface area contributed by atoms with E-state index in [1.54, 1.807) is 48.5 Å². The van der Waals surface area contributed by atoms with Gasteiger partial charge in [-0.05, 0) is 35.9 Å². The lowest BCUT2D eigenvalue weighted by Crippen LogP contribution is -2.13. The van der Waals surface area contributed by atoms with E-state index in [0.29, 0.717) is 22.0 Å². The molecular formula is C19H13ClN2O2. The lowest BCUT2D eigenvalue weighted by atomic mass is 10.1. The Hall–Kier alpha value is -3.21. The number of nitriles is 1. The zero-order valence-electron chi connectivity index (χ0n) is 12.6. The van der Waals surface area contributed by atoms with E-state index in [0.717, 1.165) is 0 Å². The molecule has 118 valence electrons. The average Bonchev–Trinajstić information content (AvgIpc) is 2.60. The van der Waals surface area contributed by atoms with Crippen molar-refractivity contribution in [1.82, 2.24) is 0 Å². The summed E-state index contributed by atoms with van der Waals surface area (Å²) < 4.78 is 5.27. The molecule has 0 aliphatic heterocycles. The summed E-state index contributed by atoms with van der Waals surface area (Å²) in [5.41, 5.74) is 1.10. The Morgan fingerprint density at radius 2 is 1.96 bits per heavy atom. The van der Waals surface area contributed by atoms with Crippen LogP contribution in [0.5, 0.6) is 5.75 Å². The predicted octanol–water partition coefficient (Wildman–Crippen LogP) is 3.90. The molecule has 0 radical (unpaired) electrons. The molecule has 0 spiro atoms. The highest BCUT2D eigenvalue weighted by molar-refractivity contribution is 6.34. The van der Waals surface area contributed by atoms with Gasteiger partial charge in [0.15, 0.2) is 0 Å². The van der Waals surface area contributed by atoms with Gasteiger partial charge in [-0.2, -0.15) is 5.26 Å². The molecular weight excluding hydrogens is 324 g/mol. The molecule has 5 heteroatoms. The van der Waals surface area contributed by atoms with Crippen molar-refractivity contribution in [3.63, 3.8) is 0 Å². The van der Waals surface area contributed by atoms with Gasteiger partial charge in [0.1, 0.15) is 24.0 Å². The molecule has 1 N–H and O–H groups in total. The summed E-state index contributed by atoms with van der Waals surface area (Å²) in [5.74, 6) is 2.46. The van der Waals surface area contributed by atoms with Crippen molar-refractivity contribution >= 4 is 29.3 Å². The van der Waals surface area contributed by atoms with Gasteiger partial charge in [0.05, 0.1) is 10.7 Å². The van der Waals surface area contributed by atoms with Crippen LogP contribution in [0, 0.1) is 23.7 Å². The Kier molecular flexibility index (Phi) is 6.02. The number of para-hydroxylation sites is 1. The number of rotatable bonds is 5. The van der Waals surface area contributed by atoms with Crippen molar-refractivity contribution in [2.24, 2.45) is 0 Å². The summed E-state index contributed by atoms with van der Waals surface area (Å²) in [6, 6.07) is 15.6. The van der Waals surface area contributed by atoms with Gasteiger partial charge >= 0.3 is 0 Å². The van der Waals surface area contributed by atoms with Crippen LogP contribution >= 0.6 is 11.6 Å². The van der Waals surface area contributed by atoms with E-state index in [9.17, 15) is 10.1 Å². The smallest absolute Gasteiger partial charge is 0.266 e. The number of anilines is 1. The Morgan fingerprint density at radius 1 is 1.25 bits per heavy atom. The molecule has 0 fully saturated rings. The van der Waals surface area contributed by atoms with Crippen molar-refractivity contribution in [3.8, 4) is 24.2 Å². The van der Waals surface area contributed by atoms with Gasteiger partial charge < -0.3 is 10.1 Å². The van der Waals surface area contributed by atoms with Gasteiger partial charge in [-0.15, -0.1) is 6.42 Å². The van der Waals surface area contributed by atoms with Crippen molar-refractivity contribution in [2.45, 2.75) is 0 Å². The largest absolute Gasteiger partial charge is 0.481 e. The van der Waals surface area contributed by atoms with Crippen LogP contribution in [0.3, 0.4) is 0 Å². The normalized spacial score (nSPS) is 10.4. The molecule has 0 saturated carbocycles. The summed E-state index contributed by atoms with van der Waals surface area (Å²) in [6.45, 7) is 0.179. The van der Waals surface area contributed by atoms with Crippen molar-refractivity contribution in [1.29, 1.82) is 5.26 Å². The maximum absolute atomic E-state index is 12.2. The Balaban J connectivity index is 2.14. The van der Waals surface area contributed by atoms with Crippen LogP contribution in [0.2, 0.25) is 5.02 Å². The second-order valence-corrected chi connectivity index (χ2v) is 5.07. The molecule has 0 aliphatic carbocycles. The van der Waals surface area contributed by atoms with Gasteiger partial charge in [-0.3, -0.25) is 4.79 Å². The first kappa shape index (κ1) is 17.1. The number of nitrogens with zero attached hydrogens (tertiary/aromatic N) is 1. The summed E-state index contributed by atoms with van der Waals surface area (Å²) in [5, 5.41) is 12.2. The number of hydrogen-bond donors (Lipinski definition) is 1. The minimum atomic E-state index is -0.529. The predicted molar refractivity (Wildman–Crippen MR) is 94.4 cm³/mol. The van der Waals surface area contributed by atoms with E-state index in [1.165, 1.54) is 6.08 Å². The Labute approximate surface area is 145 Å². The first-order chi connectivity index (χ1) is 11.6. The Bertz CT molecular complexity index is 843. The van der Waals surface area contributed by atoms with Crippen molar-refractivity contribution < 1.29 is 9.53 Å². The van der Waals surface area contributed by atoms with Crippen LogP contribution in [-0.2, 0) is 4.79 Å². The van der Waals surface area contributed by atoms with Crippen LogP contribution in [0.25, 0.3) is 6.08 Å². The lowest BCUT2D eigenvalue weighted by molar-refractivity contribution is -0.112. The third-order valence-corrected chi connectivity index (χ3v) is 3.33. The third-order valence-electron chi connectivity index (χ3n) is 3.00. The van der Waals surface area contributed by atoms with Gasteiger partial charge in [0, 0.05) is 0 Å². The highest BCUT2D eigenvalue weighted by atomic mass is 35.5. The number of carbonyl (C=O) groups excluding carboxylic acids is 1. The maximum Gasteiger partial charge on any atom is 0.266 e. The lowest BCUT2D eigenvalue weighted by Gasteiger charge is -2.06. The molecule has 2 aromatic rings. The molecule has 0 unspecified atom stereocenters. The highest BCUT2D eigenvalue weighted by Gasteiger charge is 2.11. The van der Waals surface area contributed by atoms with E-state index in [4.69, 9.17) is 22.8 Å². The summed E-state index contributed by atoms with van der Waals surface area (Å²) >= 11 is 5.99. The van der Waals surface area contributed by atoms with Crippen LogP contribution in [0.15, 0.2) is 54.1 Å². The fourth-order valence-electron chi connectivity index (χ4n) is 1.85. The first-order valence-electron chi connectivity index (χ1n) is 6.98. The first-order valence-corrected chi connectivity index (χ1v) is 7.36. The number of nitrogens with one attached hydrogen (secondary N) is 1. The number of carbonyl (C=O) groups is 1. The molecule has 1 amide bonds. The number of terminal acetylenes is 1. The molecule has 4 nitrogen and oxygen atoms in total. The van der Waals surface area contributed by atoms with Gasteiger partial charge in [0.2, 0.25) is 0 Å².